The van der Waals surface area contributed by atoms with Gasteiger partial charge in [0.1, 0.15) is 0 Å². The minimum absolute atomic E-state index is 0.00104. The Kier molecular flexibility index (Phi) is 3.00. The van der Waals surface area contributed by atoms with Gasteiger partial charge in [0.05, 0.1) is 17.7 Å². The molecule has 0 aliphatic carbocycles. The van der Waals surface area contributed by atoms with Gasteiger partial charge in [0, 0.05) is 5.75 Å². The van der Waals surface area contributed by atoms with Crippen molar-refractivity contribution < 1.29 is 4.74 Å². The highest BCUT2D eigenvalue weighted by atomic mass is 32.1. The first-order chi connectivity index (χ1) is 7.24. The summed E-state index contributed by atoms with van der Waals surface area (Å²) in [5.74, 6) is 1.60. The van der Waals surface area contributed by atoms with E-state index < -0.39 is 0 Å². The van der Waals surface area contributed by atoms with Crippen LogP contribution in [0.5, 0.6) is 0 Å². The van der Waals surface area contributed by atoms with Crippen LogP contribution < -0.4 is 0 Å². The van der Waals surface area contributed by atoms with E-state index in [0.717, 1.165) is 30.4 Å². The minimum atomic E-state index is -0.00104. The van der Waals surface area contributed by atoms with Gasteiger partial charge in [0.15, 0.2) is 5.90 Å². The summed E-state index contributed by atoms with van der Waals surface area (Å²) >= 11 is 4.37. The molecule has 1 unspecified atom stereocenters. The van der Waals surface area contributed by atoms with Gasteiger partial charge in [0.2, 0.25) is 0 Å². The Labute approximate surface area is 95.8 Å². The molecule has 1 aromatic carbocycles. The highest BCUT2D eigenvalue weighted by Gasteiger charge is 2.36. The van der Waals surface area contributed by atoms with Crippen LogP contribution in [0.25, 0.3) is 0 Å². The van der Waals surface area contributed by atoms with Crippen LogP contribution in [0.2, 0.25) is 0 Å². The summed E-state index contributed by atoms with van der Waals surface area (Å²) in [4.78, 5) is 4.53. The number of benzene rings is 1. The van der Waals surface area contributed by atoms with Gasteiger partial charge in [-0.25, -0.2) is 4.99 Å². The molecule has 1 aromatic rings. The predicted octanol–water partition coefficient (Wildman–Crippen LogP) is 3.07. The summed E-state index contributed by atoms with van der Waals surface area (Å²) in [5.41, 5.74) is 0.946. The molecule has 15 heavy (non-hydrogen) atoms. The molecule has 80 valence electrons. The summed E-state index contributed by atoms with van der Waals surface area (Å²) in [7, 11) is 0. The van der Waals surface area contributed by atoms with Crippen LogP contribution in [0.3, 0.4) is 0 Å². The molecule has 1 aliphatic rings. The van der Waals surface area contributed by atoms with E-state index in [1.807, 2.05) is 30.3 Å². The van der Waals surface area contributed by atoms with Crippen LogP contribution in [0.4, 0.5) is 5.69 Å². The third-order valence-corrected chi connectivity index (χ3v) is 3.44. The number of aliphatic imine (C=N–C) groups is 1. The molecule has 1 atom stereocenters. The van der Waals surface area contributed by atoms with E-state index in [4.69, 9.17) is 4.74 Å². The largest absolute Gasteiger partial charge is 0.480 e. The second kappa shape index (κ2) is 4.27. The van der Waals surface area contributed by atoms with Crippen molar-refractivity contribution in [2.45, 2.75) is 13.3 Å². The molecule has 1 saturated heterocycles. The van der Waals surface area contributed by atoms with Crippen molar-refractivity contribution in [2.75, 3.05) is 12.4 Å². The molecular formula is C12H15NOS. The second-order valence-electron chi connectivity index (χ2n) is 4.07. The maximum absolute atomic E-state index is 5.56. The third kappa shape index (κ3) is 2.17. The van der Waals surface area contributed by atoms with Gasteiger partial charge < -0.3 is 4.74 Å². The molecule has 0 bridgehead atoms. The maximum atomic E-state index is 5.56. The number of para-hydroxylation sites is 1. The fraction of sp³-hybridized carbons (Fsp3) is 0.417. The van der Waals surface area contributed by atoms with Gasteiger partial charge in [-0.2, -0.15) is 12.6 Å². The van der Waals surface area contributed by atoms with Crippen LogP contribution in [0, 0.1) is 5.41 Å². The van der Waals surface area contributed by atoms with Crippen LogP contribution >= 0.6 is 12.6 Å². The van der Waals surface area contributed by atoms with Gasteiger partial charge in [-0.15, -0.1) is 0 Å². The Balaban J connectivity index is 2.27. The van der Waals surface area contributed by atoms with Crippen LogP contribution in [-0.2, 0) is 4.74 Å². The first-order valence-corrected chi connectivity index (χ1v) is 5.76. The molecule has 2 nitrogen and oxygen atoms in total. The standard InChI is InChI=1S/C12H15NOS/c1-12(9-15)7-8-14-11(12)13-10-5-3-2-4-6-10/h2-6,15H,7-9H2,1H3. The normalized spacial score (nSPS) is 28.0. The fourth-order valence-electron chi connectivity index (χ4n) is 1.59. The lowest BCUT2D eigenvalue weighted by molar-refractivity contribution is 0.344. The van der Waals surface area contributed by atoms with E-state index in [9.17, 15) is 0 Å². The van der Waals surface area contributed by atoms with Crippen molar-refractivity contribution in [3.8, 4) is 0 Å². The van der Waals surface area contributed by atoms with Crippen LogP contribution in [-0.4, -0.2) is 18.3 Å². The fourth-order valence-corrected chi connectivity index (χ4v) is 1.88. The van der Waals surface area contributed by atoms with Crippen molar-refractivity contribution in [3.05, 3.63) is 30.3 Å². The molecule has 1 fully saturated rings. The summed E-state index contributed by atoms with van der Waals surface area (Å²) in [6.45, 7) is 2.90. The number of hydrogen-bond acceptors (Lipinski definition) is 3. The predicted molar refractivity (Wildman–Crippen MR) is 66.1 cm³/mol. The van der Waals surface area contributed by atoms with Crippen molar-refractivity contribution >= 4 is 24.2 Å². The number of hydrogen-bond donors (Lipinski definition) is 1. The average molecular weight is 221 g/mol. The summed E-state index contributed by atoms with van der Waals surface area (Å²) in [6, 6.07) is 9.90. The highest BCUT2D eigenvalue weighted by Crippen LogP contribution is 2.33. The van der Waals surface area contributed by atoms with Crippen molar-refractivity contribution in [3.63, 3.8) is 0 Å². The van der Waals surface area contributed by atoms with Gasteiger partial charge in [-0.05, 0) is 25.5 Å². The zero-order chi connectivity index (χ0) is 10.7. The Morgan fingerprint density at radius 2 is 2.13 bits per heavy atom. The molecule has 3 heteroatoms. The SMILES string of the molecule is CC1(CS)CCOC1=Nc1ccccc1. The molecule has 0 amide bonds. The minimum Gasteiger partial charge on any atom is -0.480 e. The molecule has 0 radical (unpaired) electrons. The zero-order valence-electron chi connectivity index (χ0n) is 8.81. The number of thiol groups is 1. The Morgan fingerprint density at radius 3 is 2.80 bits per heavy atom. The smallest absolute Gasteiger partial charge is 0.195 e. The van der Waals surface area contributed by atoms with Crippen molar-refractivity contribution in [1.29, 1.82) is 0 Å². The van der Waals surface area contributed by atoms with E-state index in [2.05, 4.69) is 24.5 Å². The summed E-state index contributed by atoms with van der Waals surface area (Å²) in [6.07, 6.45) is 1.00. The topological polar surface area (TPSA) is 21.6 Å². The second-order valence-corrected chi connectivity index (χ2v) is 4.39. The van der Waals surface area contributed by atoms with E-state index in [1.54, 1.807) is 0 Å². The molecule has 0 aromatic heterocycles. The first-order valence-electron chi connectivity index (χ1n) is 5.12. The van der Waals surface area contributed by atoms with E-state index >= 15 is 0 Å². The van der Waals surface area contributed by atoms with Crippen LogP contribution in [0.15, 0.2) is 35.3 Å². The molecule has 0 saturated carbocycles. The van der Waals surface area contributed by atoms with E-state index in [-0.39, 0.29) is 5.41 Å². The lowest BCUT2D eigenvalue weighted by Crippen LogP contribution is -2.24. The summed E-state index contributed by atoms with van der Waals surface area (Å²) in [5, 5.41) is 0. The third-order valence-electron chi connectivity index (χ3n) is 2.74. The Bertz CT molecular complexity index is 363. The van der Waals surface area contributed by atoms with Gasteiger partial charge in [-0.3, -0.25) is 0 Å². The van der Waals surface area contributed by atoms with Crippen molar-refractivity contribution in [2.24, 2.45) is 10.4 Å². The molecule has 1 aliphatic heterocycles. The van der Waals surface area contributed by atoms with E-state index in [1.165, 1.54) is 0 Å². The van der Waals surface area contributed by atoms with Gasteiger partial charge >= 0.3 is 0 Å². The molecule has 0 N–H and O–H groups in total. The zero-order valence-corrected chi connectivity index (χ0v) is 9.71. The number of nitrogens with zero attached hydrogens (tertiary/aromatic N) is 1. The summed E-state index contributed by atoms with van der Waals surface area (Å²) < 4.78 is 5.56. The van der Waals surface area contributed by atoms with Gasteiger partial charge in [-0.1, -0.05) is 18.2 Å². The van der Waals surface area contributed by atoms with E-state index in [0.29, 0.717) is 0 Å². The van der Waals surface area contributed by atoms with Crippen LogP contribution in [0.1, 0.15) is 13.3 Å². The quantitative estimate of drug-likeness (QED) is 0.761. The molecule has 2 rings (SSSR count). The average Bonchev–Trinajstić information content (AvgIpc) is 2.63. The van der Waals surface area contributed by atoms with Crippen molar-refractivity contribution in [1.82, 2.24) is 0 Å². The Hall–Kier alpha value is -0.960. The molecule has 0 spiro atoms. The lowest BCUT2D eigenvalue weighted by atomic mass is 9.91. The Morgan fingerprint density at radius 1 is 1.40 bits per heavy atom. The number of ether oxygens (including phenoxy) is 1. The molecule has 1 heterocycles. The van der Waals surface area contributed by atoms with Gasteiger partial charge in [0.25, 0.3) is 0 Å². The first kappa shape index (κ1) is 10.6. The number of rotatable bonds is 2. The molecular weight excluding hydrogens is 206 g/mol. The highest BCUT2D eigenvalue weighted by molar-refractivity contribution is 7.80. The lowest BCUT2D eigenvalue weighted by Gasteiger charge is -2.18. The monoisotopic (exact) mass is 221 g/mol. The maximum Gasteiger partial charge on any atom is 0.195 e.